The quantitative estimate of drug-likeness (QED) is 0.418. The van der Waals surface area contributed by atoms with Crippen molar-refractivity contribution in [2.75, 3.05) is 33.9 Å². The fourth-order valence-electron chi connectivity index (χ4n) is 4.39. The molecule has 0 radical (unpaired) electrons. The fraction of sp³-hybridized carbons (Fsp3) is 0.370. The molecular weight excluding hydrogens is 533 g/mol. The summed E-state index contributed by atoms with van der Waals surface area (Å²) >= 11 is 6.11. The standard InChI is InChI=1S/C27H29ClFN3O7/c1-4-38-15-22-30-25(33)23(27(35)32(22)24-19(36-2)6-5-7-20(24)37-3)26(34)31-12-10-17(11-13-31)39-21-14-16(29)8-9-18(21)28/h5-9,14,17,33H,4,10-13,15H2,1-3H3. The van der Waals surface area contributed by atoms with Crippen molar-refractivity contribution >= 4 is 17.5 Å². The number of methoxy groups -OCH3 is 2. The van der Waals surface area contributed by atoms with E-state index in [4.69, 9.17) is 30.5 Å². The van der Waals surface area contributed by atoms with Crippen LogP contribution in [0.1, 0.15) is 35.9 Å². The molecule has 39 heavy (non-hydrogen) atoms. The Morgan fingerprint density at radius 2 is 1.79 bits per heavy atom. The highest BCUT2D eigenvalue weighted by atomic mass is 35.5. The molecule has 0 bridgehead atoms. The monoisotopic (exact) mass is 561 g/mol. The second-order valence-electron chi connectivity index (χ2n) is 8.70. The lowest BCUT2D eigenvalue weighted by Gasteiger charge is -2.32. The number of piperidine rings is 1. The summed E-state index contributed by atoms with van der Waals surface area (Å²) in [6.07, 6.45) is 0.496. The molecule has 10 nitrogen and oxygen atoms in total. The SMILES string of the molecule is CCOCc1nc(O)c(C(=O)N2CCC(Oc3cc(F)ccc3Cl)CC2)c(=O)n1-c1c(OC)cccc1OC. The molecule has 2 heterocycles. The zero-order valence-electron chi connectivity index (χ0n) is 21.8. The van der Waals surface area contributed by atoms with E-state index in [9.17, 15) is 19.1 Å². The molecule has 1 saturated heterocycles. The number of ether oxygens (including phenoxy) is 4. The molecule has 208 valence electrons. The van der Waals surface area contributed by atoms with E-state index < -0.39 is 28.7 Å². The first-order valence-corrected chi connectivity index (χ1v) is 12.7. The minimum atomic E-state index is -0.796. The van der Waals surface area contributed by atoms with Crippen LogP contribution in [0, 0.1) is 5.82 Å². The zero-order valence-corrected chi connectivity index (χ0v) is 22.5. The van der Waals surface area contributed by atoms with E-state index in [1.54, 1.807) is 25.1 Å². The molecule has 3 aromatic rings. The van der Waals surface area contributed by atoms with E-state index in [0.29, 0.717) is 30.9 Å². The Bertz CT molecular complexity index is 1380. The third-order valence-corrected chi connectivity index (χ3v) is 6.64. The molecule has 1 aromatic heterocycles. The van der Waals surface area contributed by atoms with Crippen LogP contribution < -0.4 is 19.8 Å². The van der Waals surface area contributed by atoms with Crippen molar-refractivity contribution in [1.82, 2.24) is 14.5 Å². The van der Waals surface area contributed by atoms with Gasteiger partial charge in [-0.1, -0.05) is 17.7 Å². The molecule has 12 heteroatoms. The third kappa shape index (κ3) is 5.94. The average Bonchev–Trinajstić information content (AvgIpc) is 2.93. The van der Waals surface area contributed by atoms with Crippen LogP contribution in [0.5, 0.6) is 23.1 Å². The maximum Gasteiger partial charge on any atom is 0.275 e. The highest BCUT2D eigenvalue weighted by molar-refractivity contribution is 6.32. The summed E-state index contributed by atoms with van der Waals surface area (Å²) in [6, 6.07) is 8.83. The number of hydrogen-bond acceptors (Lipinski definition) is 8. The molecule has 4 rings (SSSR count). The number of likely N-dealkylation sites (tertiary alicyclic amines) is 1. The van der Waals surface area contributed by atoms with Crippen molar-refractivity contribution in [1.29, 1.82) is 0 Å². The Hall–Kier alpha value is -3.83. The first kappa shape index (κ1) is 28.2. The molecule has 0 atom stereocenters. The lowest BCUT2D eigenvalue weighted by Crippen LogP contribution is -2.44. The first-order valence-electron chi connectivity index (χ1n) is 12.3. The summed E-state index contributed by atoms with van der Waals surface area (Å²) in [6.45, 7) is 2.46. The minimum absolute atomic E-state index is 0.0674. The molecular formula is C27H29ClFN3O7. The highest BCUT2D eigenvalue weighted by Gasteiger charge is 2.32. The van der Waals surface area contributed by atoms with Gasteiger partial charge in [-0.05, 0) is 31.2 Å². The number of benzene rings is 2. The number of rotatable bonds is 9. The van der Waals surface area contributed by atoms with Gasteiger partial charge < -0.3 is 29.0 Å². The molecule has 1 aliphatic heterocycles. The van der Waals surface area contributed by atoms with Gasteiger partial charge in [-0.25, -0.2) is 4.39 Å². The van der Waals surface area contributed by atoms with Crippen molar-refractivity contribution < 1.29 is 33.2 Å². The highest BCUT2D eigenvalue weighted by Crippen LogP contribution is 2.33. The van der Waals surface area contributed by atoms with E-state index in [2.05, 4.69) is 4.98 Å². The number of hydrogen-bond donors (Lipinski definition) is 1. The summed E-state index contributed by atoms with van der Waals surface area (Å²) < 4.78 is 37.0. The van der Waals surface area contributed by atoms with Gasteiger partial charge in [-0.15, -0.1) is 0 Å². The number of aromatic hydroxyl groups is 1. The number of nitrogens with zero attached hydrogens (tertiary/aromatic N) is 3. The summed E-state index contributed by atoms with van der Waals surface area (Å²) in [4.78, 5) is 33.0. The third-order valence-electron chi connectivity index (χ3n) is 6.32. The van der Waals surface area contributed by atoms with Crippen LogP contribution in [-0.2, 0) is 11.3 Å². The van der Waals surface area contributed by atoms with Gasteiger partial charge in [-0.3, -0.25) is 14.2 Å². The number of carbonyl (C=O) groups is 1. The van der Waals surface area contributed by atoms with Gasteiger partial charge in [0.15, 0.2) is 5.56 Å². The van der Waals surface area contributed by atoms with Crippen molar-refractivity contribution in [2.24, 2.45) is 0 Å². The summed E-state index contributed by atoms with van der Waals surface area (Å²) in [5, 5.41) is 11.0. The normalized spacial score (nSPS) is 13.8. The Balaban J connectivity index is 1.66. The summed E-state index contributed by atoms with van der Waals surface area (Å²) in [7, 11) is 2.88. The molecule has 0 spiro atoms. The van der Waals surface area contributed by atoms with Crippen LogP contribution in [0.25, 0.3) is 5.69 Å². The number of para-hydroxylation sites is 1. The van der Waals surface area contributed by atoms with Gasteiger partial charge in [-0.2, -0.15) is 4.98 Å². The smallest absolute Gasteiger partial charge is 0.275 e. The number of aromatic nitrogens is 2. The van der Waals surface area contributed by atoms with Gasteiger partial charge in [0.25, 0.3) is 11.5 Å². The lowest BCUT2D eigenvalue weighted by molar-refractivity contribution is 0.0588. The van der Waals surface area contributed by atoms with Gasteiger partial charge >= 0.3 is 0 Å². The molecule has 1 amide bonds. The molecule has 2 aromatic carbocycles. The van der Waals surface area contributed by atoms with Crippen LogP contribution in [-0.4, -0.2) is 65.5 Å². The lowest BCUT2D eigenvalue weighted by atomic mass is 10.1. The van der Waals surface area contributed by atoms with Crippen LogP contribution in [0.3, 0.4) is 0 Å². The maximum atomic E-state index is 13.8. The van der Waals surface area contributed by atoms with Crippen LogP contribution in [0.2, 0.25) is 5.02 Å². The van der Waals surface area contributed by atoms with Gasteiger partial charge in [0.1, 0.15) is 47.3 Å². The topological polar surface area (TPSA) is 112 Å². The molecule has 0 saturated carbocycles. The predicted octanol–water partition coefficient (Wildman–Crippen LogP) is 3.97. The Labute approximate surface area is 229 Å². The molecule has 1 fully saturated rings. The van der Waals surface area contributed by atoms with E-state index in [1.165, 1.54) is 41.9 Å². The molecule has 0 aliphatic carbocycles. The second-order valence-corrected chi connectivity index (χ2v) is 9.11. The largest absolute Gasteiger partial charge is 0.494 e. The van der Waals surface area contributed by atoms with Crippen molar-refractivity contribution in [2.45, 2.75) is 32.5 Å². The first-order chi connectivity index (χ1) is 18.8. The van der Waals surface area contributed by atoms with Crippen molar-refractivity contribution in [3.63, 3.8) is 0 Å². The Morgan fingerprint density at radius 3 is 2.41 bits per heavy atom. The number of amides is 1. The van der Waals surface area contributed by atoms with E-state index in [1.807, 2.05) is 0 Å². The van der Waals surface area contributed by atoms with Gasteiger partial charge in [0, 0.05) is 38.6 Å². The maximum absolute atomic E-state index is 13.8. The van der Waals surface area contributed by atoms with Crippen LogP contribution >= 0.6 is 11.6 Å². The fourth-order valence-corrected chi connectivity index (χ4v) is 4.56. The van der Waals surface area contributed by atoms with Crippen molar-refractivity contribution in [3.05, 3.63) is 69.0 Å². The number of carbonyl (C=O) groups excluding carboxylic acids is 1. The Kier molecular flexibility index (Phi) is 8.93. The van der Waals surface area contributed by atoms with Crippen LogP contribution in [0.15, 0.2) is 41.2 Å². The Morgan fingerprint density at radius 1 is 1.13 bits per heavy atom. The van der Waals surface area contributed by atoms with Gasteiger partial charge in [0.2, 0.25) is 5.88 Å². The summed E-state index contributed by atoms with van der Waals surface area (Å²) in [5.41, 5.74) is -1.06. The molecule has 1 aliphatic rings. The second kappa shape index (κ2) is 12.4. The van der Waals surface area contributed by atoms with Crippen LogP contribution in [0.4, 0.5) is 4.39 Å². The molecule has 1 N–H and O–H groups in total. The van der Waals surface area contributed by atoms with E-state index in [-0.39, 0.29) is 48.1 Å². The van der Waals surface area contributed by atoms with Crippen molar-refractivity contribution in [3.8, 4) is 28.8 Å². The minimum Gasteiger partial charge on any atom is -0.494 e. The number of halogens is 2. The zero-order chi connectivity index (χ0) is 28.1. The average molecular weight is 562 g/mol. The summed E-state index contributed by atoms with van der Waals surface area (Å²) in [5.74, 6) is -0.962. The molecule has 0 unspecified atom stereocenters. The van der Waals surface area contributed by atoms with E-state index >= 15 is 0 Å². The van der Waals surface area contributed by atoms with E-state index in [0.717, 1.165) is 0 Å². The van der Waals surface area contributed by atoms with Gasteiger partial charge in [0.05, 0.1) is 19.2 Å². The predicted molar refractivity (Wildman–Crippen MR) is 141 cm³/mol.